The third kappa shape index (κ3) is 3.57. The monoisotopic (exact) mass is 283 g/mol. The van der Waals surface area contributed by atoms with Gasteiger partial charge in [-0.1, -0.05) is 0 Å². The van der Waals surface area contributed by atoms with E-state index in [1.807, 2.05) is 0 Å². The van der Waals surface area contributed by atoms with Crippen molar-refractivity contribution >= 4 is 28.3 Å². The van der Waals surface area contributed by atoms with Crippen LogP contribution in [0.1, 0.15) is 12.8 Å². The van der Waals surface area contributed by atoms with Gasteiger partial charge in [0.25, 0.3) is 5.69 Å². The lowest BCUT2D eigenvalue weighted by Crippen LogP contribution is -2.43. The molecule has 0 radical (unpaired) electrons. The standard InChI is InChI=1S/C12H14ClN3O3/c13-12(17)14-9-5-7-15(8-6-9)10-1-3-11(4-2-10)16(18)19/h1-4,9H,5-8H2,(H,14,17). The van der Waals surface area contributed by atoms with Crippen molar-refractivity contribution in [3.63, 3.8) is 0 Å². The molecule has 1 aromatic rings. The first kappa shape index (κ1) is 13.6. The van der Waals surface area contributed by atoms with Crippen LogP contribution < -0.4 is 10.2 Å². The second kappa shape index (κ2) is 5.88. The highest BCUT2D eigenvalue weighted by Gasteiger charge is 2.20. The molecule has 0 bridgehead atoms. The minimum absolute atomic E-state index is 0.0908. The molecule has 0 unspecified atom stereocenters. The molecule has 1 aliphatic rings. The Hall–Kier alpha value is -1.82. The molecular weight excluding hydrogens is 270 g/mol. The maximum absolute atomic E-state index is 10.7. The van der Waals surface area contributed by atoms with E-state index in [4.69, 9.17) is 11.6 Å². The molecule has 0 atom stereocenters. The fourth-order valence-corrected chi connectivity index (χ4v) is 2.38. The molecule has 6 nitrogen and oxygen atoms in total. The lowest BCUT2D eigenvalue weighted by molar-refractivity contribution is -0.384. The van der Waals surface area contributed by atoms with Gasteiger partial charge >= 0.3 is 5.37 Å². The van der Waals surface area contributed by atoms with E-state index in [1.165, 1.54) is 12.1 Å². The molecule has 0 aromatic heterocycles. The molecule has 1 fully saturated rings. The van der Waals surface area contributed by atoms with Gasteiger partial charge in [0, 0.05) is 37.0 Å². The zero-order valence-electron chi connectivity index (χ0n) is 10.2. The van der Waals surface area contributed by atoms with Crippen molar-refractivity contribution in [1.82, 2.24) is 5.32 Å². The van der Waals surface area contributed by atoms with Gasteiger partial charge in [-0.2, -0.15) is 0 Å². The first-order valence-electron chi connectivity index (χ1n) is 6.01. The van der Waals surface area contributed by atoms with E-state index < -0.39 is 10.3 Å². The molecule has 1 aromatic carbocycles. The number of nitrogens with zero attached hydrogens (tertiary/aromatic N) is 2. The molecule has 1 saturated heterocycles. The summed E-state index contributed by atoms with van der Waals surface area (Å²) in [7, 11) is 0. The molecule has 1 aliphatic heterocycles. The van der Waals surface area contributed by atoms with Crippen molar-refractivity contribution in [2.24, 2.45) is 0 Å². The lowest BCUT2D eigenvalue weighted by atomic mass is 10.0. The average molecular weight is 284 g/mol. The Morgan fingerprint density at radius 3 is 2.37 bits per heavy atom. The number of carbonyl (C=O) groups is 1. The normalized spacial score (nSPS) is 16.2. The Bertz CT molecular complexity index is 470. The quantitative estimate of drug-likeness (QED) is 0.400. The Morgan fingerprint density at radius 1 is 1.32 bits per heavy atom. The van der Waals surface area contributed by atoms with Gasteiger partial charge in [-0.05, 0) is 36.6 Å². The molecule has 19 heavy (non-hydrogen) atoms. The molecule has 102 valence electrons. The highest BCUT2D eigenvalue weighted by atomic mass is 35.5. The van der Waals surface area contributed by atoms with Crippen LogP contribution in [0.4, 0.5) is 16.2 Å². The largest absolute Gasteiger partial charge is 0.371 e. The second-order valence-corrected chi connectivity index (χ2v) is 4.80. The van der Waals surface area contributed by atoms with E-state index in [-0.39, 0.29) is 11.7 Å². The van der Waals surface area contributed by atoms with Gasteiger partial charge in [0.1, 0.15) is 0 Å². The first-order chi connectivity index (χ1) is 9.06. The van der Waals surface area contributed by atoms with Crippen molar-refractivity contribution in [2.75, 3.05) is 18.0 Å². The van der Waals surface area contributed by atoms with Crippen LogP contribution in [0.25, 0.3) is 0 Å². The van der Waals surface area contributed by atoms with Crippen molar-refractivity contribution in [2.45, 2.75) is 18.9 Å². The Kier molecular flexibility index (Phi) is 4.21. The molecule has 1 amide bonds. The highest BCUT2D eigenvalue weighted by Crippen LogP contribution is 2.22. The topological polar surface area (TPSA) is 75.5 Å². The smallest absolute Gasteiger partial charge is 0.314 e. The molecule has 0 spiro atoms. The lowest BCUT2D eigenvalue weighted by Gasteiger charge is -2.33. The van der Waals surface area contributed by atoms with Gasteiger partial charge in [-0.15, -0.1) is 0 Å². The number of nitrogens with one attached hydrogen (secondary N) is 1. The van der Waals surface area contributed by atoms with Crippen LogP contribution in [-0.4, -0.2) is 29.4 Å². The summed E-state index contributed by atoms with van der Waals surface area (Å²) in [5.41, 5.74) is 1.05. The average Bonchev–Trinajstić information content (AvgIpc) is 2.39. The molecule has 1 heterocycles. The number of nitro benzene ring substituents is 1. The summed E-state index contributed by atoms with van der Waals surface area (Å²) >= 11 is 5.28. The number of benzene rings is 1. The van der Waals surface area contributed by atoms with E-state index in [2.05, 4.69) is 10.2 Å². The molecular formula is C12H14ClN3O3. The SMILES string of the molecule is O=C(Cl)NC1CCN(c2ccc([N+](=O)[O-])cc2)CC1. The number of nitro groups is 1. The van der Waals surface area contributed by atoms with Crippen molar-refractivity contribution in [3.8, 4) is 0 Å². The third-order valence-corrected chi connectivity index (χ3v) is 3.35. The second-order valence-electron chi connectivity index (χ2n) is 4.45. The van der Waals surface area contributed by atoms with Gasteiger partial charge in [0.05, 0.1) is 4.92 Å². The van der Waals surface area contributed by atoms with Crippen LogP contribution in [0.3, 0.4) is 0 Å². The number of amides is 1. The zero-order chi connectivity index (χ0) is 13.8. The molecule has 2 rings (SSSR count). The van der Waals surface area contributed by atoms with E-state index in [1.54, 1.807) is 12.1 Å². The van der Waals surface area contributed by atoms with Gasteiger partial charge in [-0.25, -0.2) is 0 Å². The van der Waals surface area contributed by atoms with Crippen LogP contribution >= 0.6 is 11.6 Å². The zero-order valence-corrected chi connectivity index (χ0v) is 11.0. The van der Waals surface area contributed by atoms with Gasteiger partial charge in [0.15, 0.2) is 0 Å². The van der Waals surface area contributed by atoms with Crippen LogP contribution in [-0.2, 0) is 0 Å². The van der Waals surface area contributed by atoms with Gasteiger partial charge in [-0.3, -0.25) is 14.9 Å². The van der Waals surface area contributed by atoms with E-state index in [9.17, 15) is 14.9 Å². The predicted molar refractivity (Wildman–Crippen MR) is 72.7 cm³/mol. The number of hydrogen-bond donors (Lipinski definition) is 1. The Morgan fingerprint density at radius 2 is 1.89 bits per heavy atom. The molecule has 0 aliphatic carbocycles. The number of non-ortho nitro benzene ring substituents is 1. The number of piperidine rings is 1. The van der Waals surface area contributed by atoms with Crippen LogP contribution in [0, 0.1) is 10.1 Å². The number of rotatable bonds is 3. The summed E-state index contributed by atoms with van der Waals surface area (Å²) in [4.78, 5) is 23.0. The summed E-state index contributed by atoms with van der Waals surface area (Å²) < 4.78 is 0. The maximum Gasteiger partial charge on any atom is 0.314 e. The van der Waals surface area contributed by atoms with Crippen molar-refractivity contribution in [1.29, 1.82) is 0 Å². The molecule has 1 N–H and O–H groups in total. The highest BCUT2D eigenvalue weighted by molar-refractivity contribution is 6.62. The van der Waals surface area contributed by atoms with E-state index in [0.717, 1.165) is 31.6 Å². The number of halogens is 1. The fourth-order valence-electron chi connectivity index (χ4n) is 2.23. The van der Waals surface area contributed by atoms with Crippen LogP contribution in [0.5, 0.6) is 0 Å². The summed E-state index contributed by atoms with van der Waals surface area (Å²) in [6.07, 6.45) is 1.63. The molecule has 0 saturated carbocycles. The third-order valence-electron chi connectivity index (χ3n) is 3.24. The van der Waals surface area contributed by atoms with Crippen molar-refractivity contribution < 1.29 is 9.72 Å². The number of carbonyl (C=O) groups excluding carboxylic acids is 1. The summed E-state index contributed by atoms with van der Waals surface area (Å²) in [6, 6.07) is 6.61. The summed E-state index contributed by atoms with van der Waals surface area (Å²) in [5, 5.41) is 12.7. The van der Waals surface area contributed by atoms with Gasteiger partial charge in [0.2, 0.25) is 0 Å². The Balaban J connectivity index is 1.94. The minimum Gasteiger partial charge on any atom is -0.371 e. The summed E-state index contributed by atoms with van der Waals surface area (Å²) in [5.74, 6) is 0. The van der Waals surface area contributed by atoms with E-state index >= 15 is 0 Å². The molecule has 7 heteroatoms. The minimum atomic E-state index is -0.520. The van der Waals surface area contributed by atoms with Crippen molar-refractivity contribution in [3.05, 3.63) is 34.4 Å². The maximum atomic E-state index is 10.7. The fraction of sp³-hybridized carbons (Fsp3) is 0.417. The Labute approximate surface area is 115 Å². The van der Waals surface area contributed by atoms with Gasteiger partial charge < -0.3 is 10.2 Å². The van der Waals surface area contributed by atoms with Crippen LogP contribution in [0.2, 0.25) is 0 Å². The summed E-state index contributed by atoms with van der Waals surface area (Å²) in [6.45, 7) is 1.58. The van der Waals surface area contributed by atoms with E-state index in [0.29, 0.717) is 0 Å². The number of hydrogen-bond acceptors (Lipinski definition) is 4. The number of anilines is 1. The van der Waals surface area contributed by atoms with Crippen LogP contribution in [0.15, 0.2) is 24.3 Å². The first-order valence-corrected chi connectivity index (χ1v) is 6.39. The predicted octanol–water partition coefficient (Wildman–Crippen LogP) is 2.51.